The van der Waals surface area contributed by atoms with E-state index < -0.39 is 0 Å². The molecular formula is C15H21NO2. The lowest BCUT2D eigenvalue weighted by atomic mass is 10.1. The average Bonchev–Trinajstić information content (AvgIpc) is 2.40. The SMILES string of the molecule is C=N[C@H](COC(=O)C(C)CCC)c1ccccc1. The molecule has 0 aliphatic heterocycles. The van der Waals surface area contributed by atoms with Gasteiger partial charge in [0.15, 0.2) is 0 Å². The summed E-state index contributed by atoms with van der Waals surface area (Å²) in [5.74, 6) is -0.197. The van der Waals surface area contributed by atoms with Gasteiger partial charge >= 0.3 is 5.97 Å². The fourth-order valence-electron chi connectivity index (χ4n) is 1.78. The van der Waals surface area contributed by atoms with Crippen molar-refractivity contribution >= 4 is 12.7 Å². The molecule has 1 aromatic carbocycles. The predicted molar refractivity (Wildman–Crippen MR) is 73.8 cm³/mol. The smallest absolute Gasteiger partial charge is 0.308 e. The number of ether oxygens (including phenoxy) is 1. The number of hydrogen-bond donors (Lipinski definition) is 0. The molecule has 0 radical (unpaired) electrons. The van der Waals surface area contributed by atoms with Gasteiger partial charge in [0.25, 0.3) is 0 Å². The zero-order valence-electron chi connectivity index (χ0n) is 11.1. The number of nitrogens with zero attached hydrogens (tertiary/aromatic N) is 1. The predicted octanol–water partition coefficient (Wildman–Crippen LogP) is 3.41. The van der Waals surface area contributed by atoms with Crippen molar-refractivity contribution in [1.29, 1.82) is 0 Å². The maximum absolute atomic E-state index is 11.7. The molecule has 0 saturated heterocycles. The first-order valence-electron chi connectivity index (χ1n) is 6.36. The Balaban J connectivity index is 2.50. The summed E-state index contributed by atoms with van der Waals surface area (Å²) in [6, 6.07) is 9.57. The van der Waals surface area contributed by atoms with E-state index in [4.69, 9.17) is 4.74 Å². The van der Waals surface area contributed by atoms with Gasteiger partial charge in [0.05, 0.1) is 5.92 Å². The van der Waals surface area contributed by atoms with E-state index in [1.807, 2.05) is 37.3 Å². The monoisotopic (exact) mass is 247 g/mol. The van der Waals surface area contributed by atoms with Crippen molar-refractivity contribution in [3.8, 4) is 0 Å². The van der Waals surface area contributed by atoms with Gasteiger partial charge in [0.1, 0.15) is 12.6 Å². The Morgan fingerprint density at radius 2 is 2.06 bits per heavy atom. The summed E-state index contributed by atoms with van der Waals surface area (Å²) in [5.41, 5.74) is 1.02. The molecule has 0 aliphatic carbocycles. The maximum atomic E-state index is 11.7. The van der Waals surface area contributed by atoms with Crippen LogP contribution in [-0.2, 0) is 9.53 Å². The van der Waals surface area contributed by atoms with E-state index in [1.54, 1.807) is 0 Å². The quantitative estimate of drug-likeness (QED) is 0.547. The molecule has 1 unspecified atom stereocenters. The molecule has 0 spiro atoms. The van der Waals surface area contributed by atoms with Crippen LogP contribution in [0.3, 0.4) is 0 Å². The van der Waals surface area contributed by atoms with E-state index in [1.165, 1.54) is 0 Å². The summed E-state index contributed by atoms with van der Waals surface area (Å²) in [6.45, 7) is 7.77. The van der Waals surface area contributed by atoms with Gasteiger partial charge in [0, 0.05) is 0 Å². The van der Waals surface area contributed by atoms with Gasteiger partial charge in [0.2, 0.25) is 0 Å². The summed E-state index contributed by atoms with van der Waals surface area (Å²) in [4.78, 5) is 15.7. The largest absolute Gasteiger partial charge is 0.463 e. The first kappa shape index (κ1) is 14.4. The minimum atomic E-state index is -0.177. The molecule has 0 aromatic heterocycles. The van der Waals surface area contributed by atoms with Crippen LogP contribution in [0.2, 0.25) is 0 Å². The zero-order chi connectivity index (χ0) is 13.4. The molecule has 0 saturated carbocycles. The summed E-state index contributed by atoms with van der Waals surface area (Å²) >= 11 is 0. The van der Waals surface area contributed by atoms with E-state index in [2.05, 4.69) is 18.6 Å². The summed E-state index contributed by atoms with van der Waals surface area (Å²) in [6.07, 6.45) is 1.84. The van der Waals surface area contributed by atoms with E-state index >= 15 is 0 Å². The molecule has 2 atom stereocenters. The molecule has 98 valence electrons. The van der Waals surface area contributed by atoms with Crippen molar-refractivity contribution in [3.05, 3.63) is 35.9 Å². The fraction of sp³-hybridized carbons (Fsp3) is 0.467. The lowest BCUT2D eigenvalue weighted by Crippen LogP contribution is -2.18. The fourth-order valence-corrected chi connectivity index (χ4v) is 1.78. The molecule has 0 fully saturated rings. The summed E-state index contributed by atoms with van der Waals surface area (Å²) in [5, 5.41) is 0. The van der Waals surface area contributed by atoms with Crippen molar-refractivity contribution in [2.24, 2.45) is 10.9 Å². The van der Waals surface area contributed by atoms with Crippen LogP contribution in [0.25, 0.3) is 0 Å². The standard InChI is InChI=1S/C15H21NO2/c1-4-8-12(2)15(17)18-11-14(16-3)13-9-6-5-7-10-13/h5-7,9-10,12,14H,3-4,8,11H2,1-2H3/t12?,14-/m1/s1. The third-order valence-electron chi connectivity index (χ3n) is 2.91. The highest BCUT2D eigenvalue weighted by atomic mass is 16.5. The molecule has 3 heteroatoms. The third kappa shape index (κ3) is 4.32. The van der Waals surface area contributed by atoms with Crippen molar-refractivity contribution in [3.63, 3.8) is 0 Å². The van der Waals surface area contributed by atoms with E-state index in [0.717, 1.165) is 18.4 Å². The number of hydrogen-bond acceptors (Lipinski definition) is 3. The lowest BCUT2D eigenvalue weighted by molar-refractivity contribution is -0.148. The van der Waals surface area contributed by atoms with Crippen LogP contribution >= 0.6 is 0 Å². The van der Waals surface area contributed by atoms with Crippen LogP contribution in [0.15, 0.2) is 35.3 Å². The molecule has 3 nitrogen and oxygen atoms in total. The topological polar surface area (TPSA) is 38.7 Å². The zero-order valence-corrected chi connectivity index (χ0v) is 11.1. The third-order valence-corrected chi connectivity index (χ3v) is 2.91. The number of carbonyl (C=O) groups excluding carboxylic acids is 1. The van der Waals surface area contributed by atoms with E-state index in [9.17, 15) is 4.79 Å². The molecule has 18 heavy (non-hydrogen) atoms. The number of aliphatic imine (C=N–C) groups is 1. The lowest BCUT2D eigenvalue weighted by Gasteiger charge is -2.15. The minimum absolute atomic E-state index is 0.0451. The van der Waals surface area contributed by atoms with Crippen molar-refractivity contribution in [2.45, 2.75) is 32.7 Å². The normalized spacial score (nSPS) is 13.7. The Morgan fingerprint density at radius 1 is 1.39 bits per heavy atom. The van der Waals surface area contributed by atoms with Gasteiger partial charge in [-0.15, -0.1) is 0 Å². The van der Waals surface area contributed by atoms with Gasteiger partial charge in [-0.2, -0.15) is 0 Å². The first-order chi connectivity index (χ1) is 8.69. The van der Waals surface area contributed by atoms with Crippen molar-refractivity contribution < 1.29 is 9.53 Å². The minimum Gasteiger partial charge on any atom is -0.463 e. The highest BCUT2D eigenvalue weighted by Crippen LogP contribution is 2.17. The maximum Gasteiger partial charge on any atom is 0.308 e. The van der Waals surface area contributed by atoms with Crippen molar-refractivity contribution in [1.82, 2.24) is 0 Å². The van der Waals surface area contributed by atoms with Gasteiger partial charge < -0.3 is 4.74 Å². The highest BCUT2D eigenvalue weighted by Gasteiger charge is 2.16. The van der Waals surface area contributed by atoms with Crippen LogP contribution < -0.4 is 0 Å². The van der Waals surface area contributed by atoms with Crippen LogP contribution in [0.1, 0.15) is 38.3 Å². The van der Waals surface area contributed by atoms with Gasteiger partial charge in [-0.1, -0.05) is 50.6 Å². The molecule has 0 amide bonds. The summed E-state index contributed by atoms with van der Waals surface area (Å²) < 4.78 is 5.29. The number of carbonyl (C=O) groups is 1. The average molecular weight is 247 g/mol. The van der Waals surface area contributed by atoms with E-state index in [-0.39, 0.29) is 24.5 Å². The second-order valence-corrected chi connectivity index (χ2v) is 4.43. The molecular weight excluding hydrogens is 226 g/mol. The molecule has 0 N–H and O–H groups in total. The van der Waals surface area contributed by atoms with Gasteiger partial charge in [-0.05, 0) is 18.7 Å². The Labute approximate surface area is 109 Å². The number of benzene rings is 1. The van der Waals surface area contributed by atoms with E-state index in [0.29, 0.717) is 0 Å². The number of rotatable bonds is 7. The second-order valence-electron chi connectivity index (χ2n) is 4.43. The van der Waals surface area contributed by atoms with Crippen molar-refractivity contribution in [2.75, 3.05) is 6.61 Å². The van der Waals surface area contributed by atoms with Crippen LogP contribution in [0, 0.1) is 5.92 Å². The Hall–Kier alpha value is -1.64. The molecule has 0 bridgehead atoms. The van der Waals surface area contributed by atoms with Gasteiger partial charge in [-0.25, -0.2) is 0 Å². The molecule has 0 aliphatic rings. The second kappa shape index (κ2) is 7.64. The first-order valence-corrected chi connectivity index (χ1v) is 6.36. The Kier molecular flexibility index (Phi) is 6.12. The number of esters is 1. The summed E-state index contributed by atoms with van der Waals surface area (Å²) in [7, 11) is 0. The highest BCUT2D eigenvalue weighted by molar-refractivity contribution is 5.71. The Bertz CT molecular complexity index is 375. The van der Waals surface area contributed by atoms with Gasteiger partial charge in [-0.3, -0.25) is 9.79 Å². The molecule has 1 aromatic rings. The molecule has 1 rings (SSSR count). The van der Waals surface area contributed by atoms with Crippen LogP contribution in [0.4, 0.5) is 0 Å². The van der Waals surface area contributed by atoms with Crippen LogP contribution in [-0.4, -0.2) is 19.3 Å². The molecule has 0 heterocycles. The Morgan fingerprint density at radius 3 is 2.61 bits per heavy atom. The van der Waals surface area contributed by atoms with Crippen LogP contribution in [0.5, 0.6) is 0 Å².